The molecule has 3 aromatic carbocycles. The summed E-state index contributed by atoms with van der Waals surface area (Å²) in [6, 6.07) is 21.7. The predicted octanol–water partition coefficient (Wildman–Crippen LogP) is 7.14. The van der Waals surface area contributed by atoms with Crippen LogP contribution in [0.3, 0.4) is 0 Å². The molecule has 4 rings (SSSR count). The van der Waals surface area contributed by atoms with Gasteiger partial charge in [0.05, 0.1) is 12.1 Å². The number of aromatic nitrogens is 1. The first-order valence-corrected chi connectivity index (χ1v) is 10.8. The second-order valence-electron chi connectivity index (χ2n) is 6.76. The summed E-state index contributed by atoms with van der Waals surface area (Å²) in [4.78, 5) is 0. The van der Waals surface area contributed by atoms with E-state index in [-0.39, 0.29) is 16.8 Å². The molecule has 8 heteroatoms. The summed E-state index contributed by atoms with van der Waals surface area (Å²) in [6.45, 7) is 0.473. The topological polar surface area (TPSA) is 73.7 Å². The van der Waals surface area contributed by atoms with Crippen LogP contribution in [0.15, 0.2) is 83.0 Å². The van der Waals surface area contributed by atoms with Gasteiger partial charge in [-0.1, -0.05) is 78.0 Å². The summed E-state index contributed by atoms with van der Waals surface area (Å²) >= 11 is 7.04. The van der Waals surface area contributed by atoms with E-state index in [4.69, 9.17) is 17.0 Å². The normalized spacial score (nSPS) is 11.4. The summed E-state index contributed by atoms with van der Waals surface area (Å²) in [5, 5.41) is 27.9. The maximum atomic E-state index is 13.9. The van der Waals surface area contributed by atoms with Gasteiger partial charge in [0.1, 0.15) is 5.82 Å². The Hall–Kier alpha value is -3.16. The number of azo groups is 1. The van der Waals surface area contributed by atoms with Crippen LogP contribution in [0.1, 0.15) is 11.1 Å². The van der Waals surface area contributed by atoms with E-state index in [2.05, 4.69) is 10.2 Å². The lowest BCUT2D eigenvalue weighted by Crippen LogP contribution is -1.98. The van der Waals surface area contributed by atoms with Gasteiger partial charge in [-0.25, -0.2) is 4.39 Å². The lowest BCUT2D eigenvalue weighted by molar-refractivity contribution is 0.429. The molecule has 0 radical (unpaired) electrons. The number of fused-ring (bicyclic) bond motifs is 1. The fourth-order valence-electron chi connectivity index (χ4n) is 3.23. The fourth-order valence-corrected chi connectivity index (χ4v) is 4.21. The zero-order valence-electron chi connectivity index (χ0n) is 16.3. The Balaban J connectivity index is 1.57. The molecular weight excluding hydrogens is 435 g/mol. The van der Waals surface area contributed by atoms with E-state index >= 15 is 0 Å². The van der Waals surface area contributed by atoms with Crippen molar-refractivity contribution in [3.05, 3.63) is 94.8 Å². The molecule has 156 valence electrons. The SMILES string of the molecule is N=C(N=Nc1c(O)n(Cc2ccccc2)c2ccccc12)SCc1c(F)cccc1Cl. The molecule has 0 aliphatic rings. The average Bonchev–Trinajstić information content (AvgIpc) is 3.04. The van der Waals surface area contributed by atoms with E-state index in [1.54, 1.807) is 10.6 Å². The highest BCUT2D eigenvalue weighted by molar-refractivity contribution is 8.13. The van der Waals surface area contributed by atoms with Gasteiger partial charge in [-0.2, -0.15) is 0 Å². The van der Waals surface area contributed by atoms with Gasteiger partial charge in [-0.15, -0.1) is 10.2 Å². The molecule has 0 unspecified atom stereocenters. The van der Waals surface area contributed by atoms with E-state index in [1.807, 2.05) is 54.6 Å². The predicted molar refractivity (Wildman–Crippen MR) is 124 cm³/mol. The third-order valence-electron chi connectivity index (χ3n) is 4.76. The Morgan fingerprint density at radius 1 is 1.03 bits per heavy atom. The Bertz CT molecular complexity index is 1250. The molecule has 1 heterocycles. The number of nitrogens with one attached hydrogen (secondary N) is 1. The third kappa shape index (κ3) is 4.62. The quantitative estimate of drug-likeness (QED) is 0.192. The third-order valence-corrected chi connectivity index (χ3v) is 5.90. The van der Waals surface area contributed by atoms with Gasteiger partial charge in [-0.05, 0) is 23.8 Å². The molecule has 0 fully saturated rings. The number of nitrogens with zero attached hydrogens (tertiary/aromatic N) is 3. The highest BCUT2D eigenvalue weighted by Crippen LogP contribution is 2.39. The summed E-state index contributed by atoms with van der Waals surface area (Å²) in [5.41, 5.74) is 2.46. The number of benzene rings is 3. The minimum Gasteiger partial charge on any atom is -0.493 e. The molecule has 0 atom stereocenters. The number of hydrogen-bond acceptors (Lipinski definition) is 4. The van der Waals surface area contributed by atoms with Gasteiger partial charge in [-0.3, -0.25) is 5.41 Å². The van der Waals surface area contributed by atoms with Gasteiger partial charge >= 0.3 is 0 Å². The molecule has 5 nitrogen and oxygen atoms in total. The first-order valence-electron chi connectivity index (χ1n) is 9.44. The standard InChI is InChI=1S/C23H18ClFN4OS/c24-18-10-6-11-19(25)17(18)14-31-23(26)28-27-21-16-9-4-5-12-20(16)29(22(21)30)13-15-7-2-1-3-8-15/h1-12,26,30H,13-14H2. The van der Waals surface area contributed by atoms with Crippen molar-refractivity contribution >= 4 is 45.1 Å². The van der Waals surface area contributed by atoms with Crippen molar-refractivity contribution in [3.8, 4) is 5.88 Å². The average molecular weight is 453 g/mol. The molecule has 2 N–H and O–H groups in total. The first kappa shape index (κ1) is 21.1. The Morgan fingerprint density at radius 3 is 2.55 bits per heavy atom. The van der Waals surface area contributed by atoms with E-state index in [9.17, 15) is 9.50 Å². The molecule has 0 aliphatic heterocycles. The number of rotatable bonds is 5. The van der Waals surface area contributed by atoms with Crippen molar-refractivity contribution in [2.45, 2.75) is 12.3 Å². The Morgan fingerprint density at radius 2 is 1.77 bits per heavy atom. The second-order valence-corrected chi connectivity index (χ2v) is 8.13. The fraction of sp³-hybridized carbons (Fsp3) is 0.0870. The van der Waals surface area contributed by atoms with Gasteiger partial charge in [0, 0.05) is 21.7 Å². The van der Waals surface area contributed by atoms with E-state index in [1.165, 1.54) is 12.1 Å². The van der Waals surface area contributed by atoms with Crippen LogP contribution >= 0.6 is 23.4 Å². The zero-order valence-corrected chi connectivity index (χ0v) is 17.9. The van der Waals surface area contributed by atoms with E-state index in [0.717, 1.165) is 28.2 Å². The van der Waals surface area contributed by atoms with E-state index < -0.39 is 5.82 Å². The van der Waals surface area contributed by atoms with Gasteiger partial charge in [0.15, 0.2) is 5.69 Å². The highest BCUT2D eigenvalue weighted by atomic mass is 35.5. The van der Waals surface area contributed by atoms with E-state index in [0.29, 0.717) is 22.8 Å². The molecule has 0 amide bonds. The number of thioether (sulfide) groups is 1. The zero-order chi connectivity index (χ0) is 21.8. The van der Waals surface area contributed by atoms with Crippen molar-refractivity contribution in [1.82, 2.24) is 4.57 Å². The Labute approximate surface area is 187 Å². The van der Waals surface area contributed by atoms with Crippen molar-refractivity contribution in [1.29, 1.82) is 5.41 Å². The Kier molecular flexibility index (Phi) is 6.34. The monoisotopic (exact) mass is 452 g/mol. The van der Waals surface area contributed by atoms with Crippen LogP contribution in [0.5, 0.6) is 5.88 Å². The summed E-state index contributed by atoms with van der Waals surface area (Å²) in [7, 11) is 0. The second kappa shape index (κ2) is 9.32. The molecule has 4 aromatic rings. The lowest BCUT2D eigenvalue weighted by Gasteiger charge is -2.07. The number of amidine groups is 1. The number of hydrogen-bond donors (Lipinski definition) is 2. The summed E-state index contributed by atoms with van der Waals surface area (Å²) < 4.78 is 15.7. The molecule has 0 aliphatic carbocycles. The van der Waals surface area contributed by atoms with Crippen molar-refractivity contribution in [2.24, 2.45) is 10.2 Å². The van der Waals surface area contributed by atoms with Crippen LogP contribution in [0.25, 0.3) is 10.9 Å². The number of aromatic hydroxyl groups is 1. The summed E-state index contributed by atoms with van der Waals surface area (Å²) in [6.07, 6.45) is 0. The molecule has 0 saturated carbocycles. The summed E-state index contributed by atoms with van der Waals surface area (Å²) in [5.74, 6) is -0.291. The van der Waals surface area contributed by atoms with Crippen LogP contribution in [0, 0.1) is 11.2 Å². The van der Waals surface area contributed by atoms with Crippen LogP contribution in [-0.2, 0) is 12.3 Å². The maximum absolute atomic E-state index is 13.9. The minimum absolute atomic E-state index is 0.0243. The van der Waals surface area contributed by atoms with Gasteiger partial charge in [0.25, 0.3) is 0 Å². The number of halogens is 2. The number of para-hydroxylation sites is 1. The maximum Gasteiger partial charge on any atom is 0.221 e. The van der Waals surface area contributed by atoms with Crippen LogP contribution in [0.2, 0.25) is 5.02 Å². The smallest absolute Gasteiger partial charge is 0.221 e. The van der Waals surface area contributed by atoms with Crippen molar-refractivity contribution in [3.63, 3.8) is 0 Å². The van der Waals surface area contributed by atoms with Gasteiger partial charge < -0.3 is 9.67 Å². The van der Waals surface area contributed by atoms with Crippen LogP contribution < -0.4 is 0 Å². The molecule has 31 heavy (non-hydrogen) atoms. The molecule has 0 saturated heterocycles. The first-order chi connectivity index (χ1) is 15.0. The van der Waals surface area contributed by atoms with Crippen LogP contribution in [-0.4, -0.2) is 14.8 Å². The van der Waals surface area contributed by atoms with Gasteiger partial charge in [0.2, 0.25) is 11.0 Å². The molecular formula is C23H18ClFN4OS. The largest absolute Gasteiger partial charge is 0.493 e. The molecule has 1 aromatic heterocycles. The van der Waals surface area contributed by atoms with Crippen molar-refractivity contribution < 1.29 is 9.50 Å². The lowest BCUT2D eigenvalue weighted by atomic mass is 10.2. The minimum atomic E-state index is -0.425. The molecule has 0 bridgehead atoms. The van der Waals surface area contributed by atoms with Crippen molar-refractivity contribution in [2.75, 3.05) is 0 Å². The van der Waals surface area contributed by atoms with Crippen LogP contribution in [0.4, 0.5) is 10.1 Å². The molecule has 0 spiro atoms. The highest BCUT2D eigenvalue weighted by Gasteiger charge is 2.17.